The lowest BCUT2D eigenvalue weighted by Crippen LogP contribution is -2.01. The van der Waals surface area contributed by atoms with E-state index in [1.165, 1.54) is 0 Å². The van der Waals surface area contributed by atoms with Crippen LogP contribution in [0.2, 0.25) is 0 Å². The van der Waals surface area contributed by atoms with Gasteiger partial charge in [-0.05, 0) is 6.07 Å². The van der Waals surface area contributed by atoms with E-state index in [9.17, 15) is 5.11 Å². The van der Waals surface area contributed by atoms with Crippen molar-refractivity contribution in [2.45, 2.75) is 6.10 Å². The molecule has 1 N–H and O–H groups in total. The minimum atomic E-state index is -0.569. The third-order valence-corrected chi connectivity index (χ3v) is 2.06. The van der Waals surface area contributed by atoms with Gasteiger partial charge >= 0.3 is 0 Å². The summed E-state index contributed by atoms with van der Waals surface area (Å²) in [4.78, 5) is 4.06. The molecular weight excluding hydrogens is 222 g/mol. The van der Waals surface area contributed by atoms with E-state index in [4.69, 9.17) is 4.74 Å². The lowest BCUT2D eigenvalue weighted by atomic mass is 10.2. The number of aromatic nitrogens is 1. The second-order valence-electron chi connectivity index (χ2n) is 2.27. The monoisotopic (exact) mass is 231 g/mol. The lowest BCUT2D eigenvalue weighted by molar-refractivity contribution is 0.199. The number of hydrogen-bond acceptors (Lipinski definition) is 3. The summed E-state index contributed by atoms with van der Waals surface area (Å²) >= 11 is 3.17. The van der Waals surface area contributed by atoms with Gasteiger partial charge in [0.2, 0.25) is 5.88 Å². The molecule has 12 heavy (non-hydrogen) atoms. The average Bonchev–Trinajstić information content (AvgIpc) is 2.17. The molecule has 0 spiro atoms. The first-order valence-electron chi connectivity index (χ1n) is 3.53. The maximum Gasteiger partial charge on any atom is 0.213 e. The molecule has 0 aromatic carbocycles. The molecule has 0 aliphatic rings. The highest BCUT2D eigenvalue weighted by molar-refractivity contribution is 9.09. The normalized spacial score (nSPS) is 12.6. The van der Waals surface area contributed by atoms with Crippen molar-refractivity contribution in [2.75, 3.05) is 12.4 Å². The molecule has 66 valence electrons. The van der Waals surface area contributed by atoms with Gasteiger partial charge in [-0.3, -0.25) is 0 Å². The molecule has 3 nitrogen and oxygen atoms in total. The Morgan fingerprint density at radius 2 is 2.42 bits per heavy atom. The molecule has 1 aromatic rings. The Bertz CT molecular complexity index is 255. The largest absolute Gasteiger partial charge is 0.481 e. The fraction of sp³-hybridized carbons (Fsp3) is 0.375. The zero-order chi connectivity index (χ0) is 8.97. The first kappa shape index (κ1) is 9.48. The van der Waals surface area contributed by atoms with Crippen molar-refractivity contribution >= 4 is 15.9 Å². The Morgan fingerprint density at radius 3 is 3.00 bits per heavy atom. The predicted molar refractivity (Wildman–Crippen MR) is 49.5 cm³/mol. The third kappa shape index (κ3) is 2.19. The van der Waals surface area contributed by atoms with Crippen molar-refractivity contribution in [3.05, 3.63) is 23.9 Å². The highest BCUT2D eigenvalue weighted by Gasteiger charge is 2.07. The minimum Gasteiger partial charge on any atom is -0.481 e. The SMILES string of the molecule is COc1cccc(C(O)CBr)n1. The molecule has 1 aromatic heterocycles. The molecule has 0 saturated heterocycles. The van der Waals surface area contributed by atoms with E-state index in [2.05, 4.69) is 20.9 Å². The van der Waals surface area contributed by atoms with Gasteiger partial charge in [-0.15, -0.1) is 0 Å². The molecular formula is C8H10BrNO2. The maximum absolute atomic E-state index is 9.38. The first-order chi connectivity index (χ1) is 5.77. The molecule has 0 amide bonds. The van der Waals surface area contributed by atoms with Gasteiger partial charge in [-0.1, -0.05) is 22.0 Å². The van der Waals surface area contributed by atoms with Gasteiger partial charge in [0.1, 0.15) is 6.10 Å². The van der Waals surface area contributed by atoms with Crippen molar-refractivity contribution in [2.24, 2.45) is 0 Å². The van der Waals surface area contributed by atoms with Crippen molar-refractivity contribution in [3.8, 4) is 5.88 Å². The highest BCUT2D eigenvalue weighted by atomic mass is 79.9. The Kier molecular flexibility index (Phi) is 3.49. The van der Waals surface area contributed by atoms with Crippen LogP contribution in [0.15, 0.2) is 18.2 Å². The van der Waals surface area contributed by atoms with Gasteiger partial charge in [0.05, 0.1) is 12.8 Å². The summed E-state index contributed by atoms with van der Waals surface area (Å²) in [6, 6.07) is 5.30. The first-order valence-corrected chi connectivity index (χ1v) is 4.65. The molecule has 1 heterocycles. The van der Waals surface area contributed by atoms with Crippen LogP contribution in [0.4, 0.5) is 0 Å². The van der Waals surface area contributed by atoms with Crippen LogP contribution in [0.5, 0.6) is 5.88 Å². The van der Waals surface area contributed by atoms with Crippen molar-refractivity contribution < 1.29 is 9.84 Å². The van der Waals surface area contributed by atoms with Gasteiger partial charge in [0, 0.05) is 11.4 Å². The fourth-order valence-corrected chi connectivity index (χ4v) is 1.14. The number of alkyl halides is 1. The number of aliphatic hydroxyl groups is 1. The molecule has 0 aliphatic carbocycles. The molecule has 1 unspecified atom stereocenters. The fourth-order valence-electron chi connectivity index (χ4n) is 0.809. The van der Waals surface area contributed by atoms with E-state index in [0.717, 1.165) is 0 Å². The van der Waals surface area contributed by atoms with Gasteiger partial charge in [-0.25, -0.2) is 4.98 Å². The summed E-state index contributed by atoms with van der Waals surface area (Å²) in [5.41, 5.74) is 0.617. The van der Waals surface area contributed by atoms with Crippen LogP contribution < -0.4 is 4.74 Å². The van der Waals surface area contributed by atoms with E-state index < -0.39 is 6.10 Å². The predicted octanol–water partition coefficient (Wildman–Crippen LogP) is 1.52. The quantitative estimate of drug-likeness (QED) is 0.803. The second kappa shape index (κ2) is 4.42. The van der Waals surface area contributed by atoms with Gasteiger partial charge in [-0.2, -0.15) is 0 Å². The summed E-state index contributed by atoms with van der Waals surface area (Å²) in [7, 11) is 1.55. The summed E-state index contributed by atoms with van der Waals surface area (Å²) in [6.45, 7) is 0. The third-order valence-electron chi connectivity index (χ3n) is 1.44. The number of hydrogen-bond donors (Lipinski definition) is 1. The Morgan fingerprint density at radius 1 is 1.67 bits per heavy atom. The van der Waals surface area contributed by atoms with E-state index in [-0.39, 0.29) is 0 Å². The molecule has 4 heteroatoms. The van der Waals surface area contributed by atoms with Gasteiger partial charge in [0.25, 0.3) is 0 Å². The van der Waals surface area contributed by atoms with E-state index in [0.29, 0.717) is 16.9 Å². The molecule has 0 bridgehead atoms. The van der Waals surface area contributed by atoms with Gasteiger partial charge < -0.3 is 9.84 Å². The number of ether oxygens (including phenoxy) is 1. The van der Waals surface area contributed by atoms with Crippen LogP contribution in [0.3, 0.4) is 0 Å². The molecule has 1 rings (SSSR count). The summed E-state index contributed by atoms with van der Waals surface area (Å²) < 4.78 is 4.91. The average molecular weight is 232 g/mol. The Hall–Kier alpha value is -0.610. The van der Waals surface area contributed by atoms with E-state index >= 15 is 0 Å². The molecule has 1 atom stereocenters. The van der Waals surface area contributed by atoms with Crippen molar-refractivity contribution in [1.82, 2.24) is 4.98 Å². The number of methoxy groups -OCH3 is 1. The van der Waals surface area contributed by atoms with Crippen LogP contribution >= 0.6 is 15.9 Å². The number of rotatable bonds is 3. The Balaban J connectivity index is 2.86. The zero-order valence-corrected chi connectivity index (χ0v) is 8.28. The smallest absolute Gasteiger partial charge is 0.213 e. The zero-order valence-electron chi connectivity index (χ0n) is 6.70. The van der Waals surface area contributed by atoms with E-state index in [1.807, 2.05) is 0 Å². The standard InChI is InChI=1S/C8H10BrNO2/c1-12-8-4-2-3-6(10-8)7(11)5-9/h2-4,7,11H,5H2,1H3. The minimum absolute atomic E-state index is 0.479. The van der Waals surface area contributed by atoms with E-state index in [1.54, 1.807) is 25.3 Å². The summed E-state index contributed by atoms with van der Waals surface area (Å²) in [6.07, 6.45) is -0.569. The number of nitrogens with zero attached hydrogens (tertiary/aromatic N) is 1. The van der Waals surface area contributed by atoms with Gasteiger partial charge in [0.15, 0.2) is 0 Å². The van der Waals surface area contributed by atoms with Crippen molar-refractivity contribution in [1.29, 1.82) is 0 Å². The number of aliphatic hydroxyl groups excluding tert-OH is 1. The molecule has 0 saturated carbocycles. The topological polar surface area (TPSA) is 42.4 Å². The molecule has 0 aliphatic heterocycles. The van der Waals surface area contributed by atoms with Crippen LogP contribution in [-0.2, 0) is 0 Å². The number of halogens is 1. The van der Waals surface area contributed by atoms with Crippen molar-refractivity contribution in [3.63, 3.8) is 0 Å². The summed E-state index contributed by atoms with van der Waals surface area (Å²) in [5, 5.41) is 9.86. The van der Waals surface area contributed by atoms with Crippen LogP contribution in [0.25, 0.3) is 0 Å². The van der Waals surface area contributed by atoms with Crippen LogP contribution in [-0.4, -0.2) is 22.5 Å². The highest BCUT2D eigenvalue weighted by Crippen LogP contribution is 2.15. The molecule has 0 radical (unpaired) electrons. The van der Waals surface area contributed by atoms with Crippen LogP contribution in [0.1, 0.15) is 11.8 Å². The maximum atomic E-state index is 9.38. The number of pyridine rings is 1. The lowest BCUT2D eigenvalue weighted by Gasteiger charge is -2.06. The molecule has 0 fully saturated rings. The summed E-state index contributed by atoms with van der Waals surface area (Å²) in [5.74, 6) is 0.521. The Labute approximate surface area is 79.5 Å². The second-order valence-corrected chi connectivity index (χ2v) is 2.92. The van der Waals surface area contributed by atoms with Crippen LogP contribution in [0, 0.1) is 0 Å².